The van der Waals surface area contributed by atoms with Gasteiger partial charge in [-0.15, -0.1) is 0 Å². The molecule has 3 rings (SSSR count). The van der Waals surface area contributed by atoms with Crippen molar-refractivity contribution in [1.82, 2.24) is 9.97 Å². The van der Waals surface area contributed by atoms with E-state index in [9.17, 15) is 9.90 Å². The number of ether oxygens (including phenoxy) is 2. The molecule has 0 aliphatic rings. The van der Waals surface area contributed by atoms with E-state index in [1.807, 2.05) is 30.3 Å². The van der Waals surface area contributed by atoms with Crippen molar-refractivity contribution in [2.24, 2.45) is 0 Å². The van der Waals surface area contributed by atoms with Gasteiger partial charge in [-0.1, -0.05) is 48.0 Å². The normalized spacial score (nSPS) is 10.3. The number of methoxy groups -OCH3 is 1. The van der Waals surface area contributed by atoms with Gasteiger partial charge >= 0.3 is 12.0 Å². The lowest BCUT2D eigenvalue weighted by Gasteiger charge is -2.10. The minimum atomic E-state index is -1.20. The Morgan fingerprint density at radius 3 is 2.52 bits per heavy atom. The fraction of sp³-hybridized carbons (Fsp3) is 0.0556. The number of carbonyl (C=O) groups is 1. The second-order valence-electron chi connectivity index (χ2n) is 4.96. The highest BCUT2D eigenvalue weighted by molar-refractivity contribution is 6.33. The maximum absolute atomic E-state index is 11.4. The van der Waals surface area contributed by atoms with E-state index >= 15 is 0 Å². The maximum Gasteiger partial charge on any atom is 0.341 e. The molecule has 0 spiro atoms. The Kier molecular flexibility index (Phi) is 4.81. The van der Waals surface area contributed by atoms with Crippen LogP contribution in [0.5, 0.6) is 17.6 Å². The summed E-state index contributed by atoms with van der Waals surface area (Å²) >= 11 is 5.95. The Hall–Kier alpha value is -3.12. The Labute approximate surface area is 148 Å². The molecule has 1 N–H and O–H groups in total. The highest BCUT2D eigenvalue weighted by Crippen LogP contribution is 2.31. The van der Waals surface area contributed by atoms with Gasteiger partial charge < -0.3 is 14.6 Å². The molecule has 0 amide bonds. The van der Waals surface area contributed by atoms with Crippen molar-refractivity contribution in [3.8, 4) is 28.9 Å². The predicted octanol–water partition coefficient (Wildman–Crippen LogP) is 4.30. The number of carboxylic acids is 1. The van der Waals surface area contributed by atoms with E-state index in [4.69, 9.17) is 21.1 Å². The Morgan fingerprint density at radius 2 is 1.84 bits per heavy atom. The summed E-state index contributed by atoms with van der Waals surface area (Å²) in [5.74, 6) is -0.859. The summed E-state index contributed by atoms with van der Waals surface area (Å²) in [7, 11) is 1.48. The van der Waals surface area contributed by atoms with Crippen LogP contribution in [0.2, 0.25) is 5.02 Å². The van der Waals surface area contributed by atoms with E-state index in [2.05, 4.69) is 9.97 Å². The summed E-state index contributed by atoms with van der Waals surface area (Å²) in [5.41, 5.74) is 1.27. The molecule has 6 nitrogen and oxygen atoms in total. The fourth-order valence-electron chi connectivity index (χ4n) is 2.21. The summed E-state index contributed by atoms with van der Waals surface area (Å²) in [6, 6.07) is 15.6. The van der Waals surface area contributed by atoms with Crippen LogP contribution in [0.3, 0.4) is 0 Å². The highest BCUT2D eigenvalue weighted by Gasteiger charge is 2.18. The lowest BCUT2D eigenvalue weighted by molar-refractivity contribution is 0.0694. The zero-order valence-corrected chi connectivity index (χ0v) is 13.9. The Balaban J connectivity index is 2.04. The van der Waals surface area contributed by atoms with E-state index in [-0.39, 0.29) is 22.3 Å². The van der Waals surface area contributed by atoms with Crippen LogP contribution in [0.1, 0.15) is 10.4 Å². The van der Waals surface area contributed by atoms with Gasteiger partial charge in [-0.25, -0.2) is 4.79 Å². The number of nitrogens with zero attached hydrogens (tertiary/aromatic N) is 2. The zero-order valence-electron chi connectivity index (χ0n) is 13.1. The first-order chi connectivity index (χ1) is 12.1. The Morgan fingerprint density at radius 1 is 1.08 bits per heavy atom. The van der Waals surface area contributed by atoms with Crippen LogP contribution in [0, 0.1) is 0 Å². The number of hydrogen-bond donors (Lipinski definition) is 1. The van der Waals surface area contributed by atoms with Crippen LogP contribution in [0.4, 0.5) is 0 Å². The molecule has 25 heavy (non-hydrogen) atoms. The molecular formula is C18H13ClN2O4. The summed E-state index contributed by atoms with van der Waals surface area (Å²) < 4.78 is 10.8. The molecular weight excluding hydrogens is 344 g/mol. The summed E-state index contributed by atoms with van der Waals surface area (Å²) in [6.45, 7) is 0. The van der Waals surface area contributed by atoms with E-state index in [0.717, 1.165) is 5.56 Å². The SMILES string of the molecule is COc1cc(-c2ccccc2)nc(Oc2cccc(Cl)c2C(=O)O)n1. The van der Waals surface area contributed by atoms with Crippen molar-refractivity contribution in [3.63, 3.8) is 0 Å². The second-order valence-corrected chi connectivity index (χ2v) is 5.37. The number of carboxylic acid groups (broad SMARTS) is 1. The molecule has 0 bridgehead atoms. The second kappa shape index (κ2) is 7.19. The summed E-state index contributed by atoms with van der Waals surface area (Å²) in [6.07, 6.45) is 0. The van der Waals surface area contributed by atoms with Gasteiger partial charge in [0, 0.05) is 11.6 Å². The average molecular weight is 357 g/mol. The largest absolute Gasteiger partial charge is 0.481 e. The third kappa shape index (κ3) is 3.70. The first-order valence-corrected chi connectivity index (χ1v) is 7.64. The van der Waals surface area contributed by atoms with Crippen LogP contribution in [-0.2, 0) is 0 Å². The van der Waals surface area contributed by atoms with Crippen molar-refractivity contribution < 1.29 is 19.4 Å². The number of aromatic nitrogens is 2. The van der Waals surface area contributed by atoms with Crippen LogP contribution in [-0.4, -0.2) is 28.2 Å². The van der Waals surface area contributed by atoms with Crippen LogP contribution < -0.4 is 9.47 Å². The molecule has 0 fully saturated rings. The van der Waals surface area contributed by atoms with Crippen LogP contribution >= 0.6 is 11.6 Å². The van der Waals surface area contributed by atoms with E-state index < -0.39 is 5.97 Å². The van der Waals surface area contributed by atoms with Gasteiger partial charge in [0.2, 0.25) is 5.88 Å². The minimum Gasteiger partial charge on any atom is -0.481 e. The van der Waals surface area contributed by atoms with Gasteiger partial charge in [-0.3, -0.25) is 0 Å². The topological polar surface area (TPSA) is 81.5 Å². The van der Waals surface area contributed by atoms with Crippen LogP contribution in [0.15, 0.2) is 54.6 Å². The number of aromatic carboxylic acids is 1. The molecule has 0 atom stereocenters. The number of halogens is 1. The van der Waals surface area contributed by atoms with Gasteiger partial charge in [0.05, 0.1) is 17.8 Å². The summed E-state index contributed by atoms with van der Waals surface area (Å²) in [4.78, 5) is 19.9. The van der Waals surface area contributed by atoms with Gasteiger partial charge in [-0.2, -0.15) is 9.97 Å². The molecule has 0 saturated carbocycles. The monoisotopic (exact) mass is 356 g/mol. The maximum atomic E-state index is 11.4. The van der Waals surface area contributed by atoms with Crippen molar-refractivity contribution in [1.29, 1.82) is 0 Å². The first kappa shape index (κ1) is 16.7. The van der Waals surface area contributed by atoms with Crippen molar-refractivity contribution >= 4 is 17.6 Å². The molecule has 0 aliphatic carbocycles. The fourth-order valence-corrected chi connectivity index (χ4v) is 2.45. The first-order valence-electron chi connectivity index (χ1n) is 7.26. The lowest BCUT2D eigenvalue weighted by atomic mass is 10.1. The molecule has 3 aromatic rings. The van der Waals surface area contributed by atoms with Crippen molar-refractivity contribution in [2.75, 3.05) is 7.11 Å². The smallest absolute Gasteiger partial charge is 0.341 e. The van der Waals surface area contributed by atoms with E-state index in [1.54, 1.807) is 12.1 Å². The third-order valence-electron chi connectivity index (χ3n) is 3.35. The molecule has 7 heteroatoms. The number of hydrogen-bond acceptors (Lipinski definition) is 5. The van der Waals surface area contributed by atoms with Gasteiger partial charge in [0.15, 0.2) is 0 Å². The number of rotatable bonds is 5. The highest BCUT2D eigenvalue weighted by atomic mass is 35.5. The molecule has 0 radical (unpaired) electrons. The summed E-state index contributed by atoms with van der Waals surface area (Å²) in [5, 5.41) is 9.39. The molecule has 2 aromatic carbocycles. The van der Waals surface area contributed by atoms with Crippen LogP contribution in [0.25, 0.3) is 11.3 Å². The molecule has 126 valence electrons. The third-order valence-corrected chi connectivity index (χ3v) is 3.67. The molecule has 1 aromatic heterocycles. The quantitative estimate of drug-likeness (QED) is 0.734. The van der Waals surface area contributed by atoms with Gasteiger partial charge in [0.1, 0.15) is 11.3 Å². The minimum absolute atomic E-state index is 0.0389. The molecule has 0 unspecified atom stereocenters. The van der Waals surface area contributed by atoms with Crippen molar-refractivity contribution in [3.05, 3.63) is 65.2 Å². The lowest BCUT2D eigenvalue weighted by Crippen LogP contribution is -2.03. The standard InChI is InChI=1S/C18H13ClN2O4/c1-24-15-10-13(11-6-3-2-4-7-11)20-18(21-15)25-14-9-5-8-12(19)16(14)17(22)23/h2-10H,1H3,(H,22,23). The van der Waals surface area contributed by atoms with E-state index in [1.165, 1.54) is 19.2 Å². The molecule has 1 heterocycles. The van der Waals surface area contributed by atoms with E-state index in [0.29, 0.717) is 11.6 Å². The van der Waals surface area contributed by atoms with Gasteiger partial charge in [-0.05, 0) is 12.1 Å². The molecule has 0 saturated heterocycles. The average Bonchev–Trinajstić information content (AvgIpc) is 2.62. The molecule has 0 aliphatic heterocycles. The van der Waals surface area contributed by atoms with Crippen molar-refractivity contribution in [2.45, 2.75) is 0 Å². The van der Waals surface area contributed by atoms with Gasteiger partial charge in [0.25, 0.3) is 0 Å². The Bertz CT molecular complexity index is 916. The zero-order chi connectivity index (χ0) is 17.8. The predicted molar refractivity (Wildman–Crippen MR) is 92.5 cm³/mol. The number of benzene rings is 2.